The third-order valence-electron chi connectivity index (χ3n) is 19.5. The normalized spacial score (nSPS) is 21.6. The first-order valence-corrected chi connectivity index (χ1v) is 32.0. The Morgan fingerprint density at radius 1 is 0.886 bits per heavy atom. The van der Waals surface area contributed by atoms with Gasteiger partial charge in [0.25, 0.3) is 5.56 Å². The van der Waals surface area contributed by atoms with Crippen LogP contribution in [0.4, 0.5) is 10.2 Å². The number of β-amino-alcohol motifs (C(OH)–C–C–N with tert-alkyl or cyclic N) is 1. The Labute approximate surface area is 510 Å². The molecule has 4 saturated heterocycles. The van der Waals surface area contributed by atoms with Gasteiger partial charge in [-0.1, -0.05) is 56.7 Å². The fraction of sp³-hybridized carbons (Fsp3) is 0.455. The van der Waals surface area contributed by atoms with E-state index < -0.39 is 41.6 Å². The van der Waals surface area contributed by atoms with E-state index in [1.54, 1.807) is 24.8 Å². The summed E-state index contributed by atoms with van der Waals surface area (Å²) in [6.07, 6.45) is 10.5. The van der Waals surface area contributed by atoms with Crippen LogP contribution in [0.3, 0.4) is 0 Å². The second-order valence-electron chi connectivity index (χ2n) is 25.5. The monoisotopic (exact) mass is 1210 g/mol. The molecule has 0 spiro atoms. The van der Waals surface area contributed by atoms with E-state index in [1.807, 2.05) is 63.2 Å². The first-order chi connectivity index (χ1) is 42.7. The van der Waals surface area contributed by atoms with Crippen molar-refractivity contribution in [2.75, 3.05) is 44.4 Å². The Bertz CT molecular complexity index is 4270. The van der Waals surface area contributed by atoms with Gasteiger partial charge in [-0.05, 0) is 104 Å². The number of aromatic amines is 2. The lowest BCUT2D eigenvalue weighted by Crippen LogP contribution is -2.52. The van der Waals surface area contributed by atoms with Gasteiger partial charge in [0.05, 0.1) is 59.8 Å². The molecule has 5 N–H and O–H groups in total. The van der Waals surface area contributed by atoms with Crippen molar-refractivity contribution in [2.24, 2.45) is 5.92 Å². The molecule has 456 valence electrons. The number of benzene rings is 4. The molecule has 4 aromatic carbocycles. The molecule has 9 aromatic rings. The fourth-order valence-electron chi connectivity index (χ4n) is 14.5. The van der Waals surface area contributed by atoms with Gasteiger partial charge in [0.2, 0.25) is 11.8 Å². The Morgan fingerprint density at radius 2 is 1.70 bits per heavy atom. The highest BCUT2D eigenvalue weighted by molar-refractivity contribution is 7.13. The zero-order valence-electron chi connectivity index (χ0n) is 49.7. The third kappa shape index (κ3) is 10.0. The fourth-order valence-corrected chi connectivity index (χ4v) is 15.4. The number of aryl methyl sites for hydroxylation is 1. The summed E-state index contributed by atoms with van der Waals surface area (Å²) in [5.41, 5.74) is 9.35. The number of hydrogen-bond acceptors (Lipinski definition) is 16. The van der Waals surface area contributed by atoms with Crippen LogP contribution >= 0.6 is 11.3 Å². The lowest BCUT2D eigenvalue weighted by atomic mass is 9.88. The van der Waals surface area contributed by atoms with Gasteiger partial charge in [-0.15, -0.1) is 11.3 Å². The number of pyridine rings is 1. The molecule has 6 unspecified atom stereocenters. The number of nitrogens with zero attached hydrogens (tertiary/aromatic N) is 9. The summed E-state index contributed by atoms with van der Waals surface area (Å²) in [5, 5.41) is 39.5. The molecule has 0 radical (unpaired) electrons. The summed E-state index contributed by atoms with van der Waals surface area (Å²) in [4.78, 5) is 69.0. The van der Waals surface area contributed by atoms with E-state index in [0.29, 0.717) is 87.9 Å². The molecule has 5 aromatic heterocycles. The van der Waals surface area contributed by atoms with Gasteiger partial charge in [-0.2, -0.15) is 20.2 Å². The minimum absolute atomic E-state index is 0.00325. The number of rotatable bonds is 17. The van der Waals surface area contributed by atoms with Crippen molar-refractivity contribution in [2.45, 2.75) is 146 Å². The molecule has 22 heteroatoms. The highest BCUT2D eigenvalue weighted by Crippen LogP contribution is 2.54. The highest BCUT2D eigenvalue weighted by atomic mass is 32.1. The maximum Gasteiger partial charge on any atom is 0.319 e. The number of hydrogen-bond donors (Lipinski definition) is 5. The Morgan fingerprint density at radius 3 is 2.42 bits per heavy atom. The van der Waals surface area contributed by atoms with E-state index in [1.165, 1.54) is 46.2 Å². The predicted octanol–water partition coefficient (Wildman–Crippen LogP) is 9.08. The summed E-state index contributed by atoms with van der Waals surface area (Å²) in [7, 11) is 0. The van der Waals surface area contributed by atoms with Gasteiger partial charge < -0.3 is 44.5 Å². The number of ether oxygens (including phenoxy) is 3. The molecule has 2 aliphatic carbocycles. The van der Waals surface area contributed by atoms with E-state index in [0.717, 1.165) is 81.8 Å². The number of amides is 2. The summed E-state index contributed by atoms with van der Waals surface area (Å²) in [6, 6.07) is 15.9. The second-order valence-corrected chi connectivity index (χ2v) is 26.3. The van der Waals surface area contributed by atoms with Crippen molar-refractivity contribution < 1.29 is 38.4 Å². The number of piperazine rings is 1. The quantitative estimate of drug-likeness (QED) is 0.0571. The maximum atomic E-state index is 16.4. The van der Waals surface area contributed by atoms with E-state index in [2.05, 4.69) is 41.3 Å². The summed E-state index contributed by atoms with van der Waals surface area (Å²) >= 11 is 1.53. The number of thiazole rings is 1. The van der Waals surface area contributed by atoms with Crippen LogP contribution in [0.2, 0.25) is 0 Å². The average Bonchev–Trinajstić information content (AvgIpc) is 1.54. The first kappa shape index (κ1) is 56.6. The number of aliphatic hydroxyl groups is 2. The molecule has 6 aliphatic rings. The number of likely N-dealkylation sites (tertiary alicyclic amines) is 2. The van der Waals surface area contributed by atoms with Gasteiger partial charge in [0.15, 0.2) is 11.3 Å². The van der Waals surface area contributed by atoms with Crippen molar-refractivity contribution in [3.8, 4) is 33.3 Å². The topological polar surface area (TPSA) is 242 Å². The molecular formula is C66H71FN12O8S. The molecule has 15 rings (SSSR count). The van der Waals surface area contributed by atoms with Crippen molar-refractivity contribution in [3.05, 3.63) is 117 Å². The summed E-state index contributed by atoms with van der Waals surface area (Å²) in [6.45, 7) is 10.0. The molecule has 6 atom stereocenters. The molecule has 88 heavy (non-hydrogen) atoms. The number of aromatic nitrogens is 8. The van der Waals surface area contributed by atoms with Crippen LogP contribution in [0, 0.1) is 25.6 Å². The van der Waals surface area contributed by atoms with Crippen LogP contribution in [0.1, 0.15) is 118 Å². The first-order valence-electron chi connectivity index (χ1n) is 31.1. The molecule has 2 bridgehead atoms. The Hall–Kier alpha value is -7.89. The smallest absolute Gasteiger partial charge is 0.319 e. The summed E-state index contributed by atoms with van der Waals surface area (Å²) in [5.74, 6) is -0.189. The van der Waals surface area contributed by atoms with Gasteiger partial charge in [-0.25, -0.2) is 9.37 Å². The Kier molecular flexibility index (Phi) is 14.5. The standard InChI is InChI=1S/C66H71FN12O8S/c1-33(2)59(65(84)78-28-43(81)22-54(78)63(82)71-53(30-80)38-11-13-39(14-12-38)61-35(4)68-32-88-61)79-29-49-45-15-8-36(20-51(45)70-64(83)58(49)75-79)31-86-60-56(55-34(3)50(67)24-52-48(55)25-69-74-52)46(37-9-10-37)23-47-57(60)72-66(87-44-16-18-85-19-17-44)73-62(47)77-27-41-21-42(77)26-76(41)40-6-5-7-40/h8,11-15,20,23-25,29,32-33,37,40-44,53-54,59,80-81H,5-7,9-10,16-19,21-22,26-28,30-31H2,1-4H3,(H,69,74)(H,70,83)(H,71,82). The predicted molar refractivity (Wildman–Crippen MR) is 332 cm³/mol. The van der Waals surface area contributed by atoms with E-state index in [9.17, 15) is 24.6 Å². The van der Waals surface area contributed by atoms with Gasteiger partial charge in [0, 0.05) is 101 Å². The molecular weight excluding hydrogens is 1140 g/mol. The molecule has 2 amide bonds. The number of fused-ring (bicyclic) bond motifs is 7. The van der Waals surface area contributed by atoms with Crippen molar-refractivity contribution >= 4 is 72.6 Å². The Balaban J connectivity index is 0.765. The number of anilines is 1. The minimum atomic E-state index is -1.04. The van der Waals surface area contributed by atoms with Crippen molar-refractivity contribution in [1.82, 2.24) is 55.0 Å². The van der Waals surface area contributed by atoms with Gasteiger partial charge in [0.1, 0.15) is 41.9 Å². The maximum absolute atomic E-state index is 16.4. The number of nitrogens with one attached hydrogen (secondary N) is 3. The largest absolute Gasteiger partial charge is 0.486 e. The van der Waals surface area contributed by atoms with E-state index in [-0.39, 0.29) is 67.5 Å². The summed E-state index contributed by atoms with van der Waals surface area (Å²) < 4.78 is 37.6. The van der Waals surface area contributed by atoms with Crippen LogP contribution in [0.5, 0.6) is 11.8 Å². The molecule has 9 heterocycles. The van der Waals surface area contributed by atoms with Crippen molar-refractivity contribution in [3.63, 3.8) is 0 Å². The average molecular weight is 1210 g/mol. The van der Waals surface area contributed by atoms with Crippen LogP contribution in [0.15, 0.2) is 77.3 Å². The lowest BCUT2D eigenvalue weighted by molar-refractivity contribution is -0.142. The minimum Gasteiger partial charge on any atom is -0.486 e. The number of carbonyl (C=O) groups is 2. The second kappa shape index (κ2) is 22.6. The highest BCUT2D eigenvalue weighted by Gasteiger charge is 2.48. The molecule has 2 saturated carbocycles. The van der Waals surface area contributed by atoms with Crippen LogP contribution in [-0.2, 0) is 20.9 Å². The zero-order valence-corrected chi connectivity index (χ0v) is 50.5. The lowest BCUT2D eigenvalue weighted by Gasteiger charge is -2.43. The van der Waals surface area contributed by atoms with E-state index >= 15 is 4.39 Å². The van der Waals surface area contributed by atoms with Crippen molar-refractivity contribution in [1.29, 1.82) is 0 Å². The molecule has 4 aliphatic heterocycles. The van der Waals surface area contributed by atoms with Gasteiger partial charge in [-0.3, -0.25) is 29.1 Å². The number of carbonyl (C=O) groups excluding carboxylic acids is 2. The zero-order chi connectivity index (χ0) is 60.2. The van der Waals surface area contributed by atoms with E-state index in [4.69, 9.17) is 29.3 Å². The van der Waals surface area contributed by atoms with Crippen LogP contribution in [-0.4, -0.2) is 148 Å². The molecule has 20 nitrogen and oxygen atoms in total. The SMILES string of the molecule is Cc1ncsc1-c1ccc(C(CO)NC(=O)C2CC(O)CN2C(=O)C(C(C)C)n2cc3c(n2)c(=O)[nH]c2cc(COc4c(-c5c(C)c(F)cc6[nH]ncc56)c(C5CC5)cc5c(N6CC7CC6CN7C6CCC6)nc(OC6CCOCC6)nc45)ccc23)cc1. The third-order valence-corrected chi connectivity index (χ3v) is 20.5. The van der Waals surface area contributed by atoms with Crippen LogP contribution in [0.25, 0.3) is 65.2 Å². The van der Waals surface area contributed by atoms with Crippen LogP contribution < -0.4 is 25.2 Å². The number of aliphatic hydroxyl groups excluding tert-OH is 2. The molecule has 6 fully saturated rings. The number of halogens is 1. The number of H-pyrrole nitrogens is 2. The van der Waals surface area contributed by atoms with Gasteiger partial charge >= 0.3 is 6.01 Å².